The van der Waals surface area contributed by atoms with Crippen LogP contribution in [0.1, 0.15) is 52.0 Å². The summed E-state index contributed by atoms with van der Waals surface area (Å²) in [6.45, 7) is 6.20. The molecular formula is C18H28N2O2. The average Bonchev–Trinajstić information content (AvgIpc) is 2.92. The number of nitrogens with zero attached hydrogens (tertiary/aromatic N) is 1. The van der Waals surface area contributed by atoms with Crippen molar-refractivity contribution in [2.75, 3.05) is 12.4 Å². The van der Waals surface area contributed by atoms with Crippen molar-refractivity contribution in [2.45, 2.75) is 64.6 Å². The normalized spacial score (nSPS) is 15.6. The monoisotopic (exact) mass is 304 g/mol. The molecule has 2 rings (SSSR count). The Kier molecular flexibility index (Phi) is 5.33. The molecule has 0 saturated heterocycles. The fraction of sp³-hybridized carbons (Fsp3) is 0.611. The average molecular weight is 304 g/mol. The van der Waals surface area contributed by atoms with E-state index in [4.69, 9.17) is 4.74 Å². The standard InChI is InChI=1S/C18H28N2O2/c1-18(2,3)22-17(21)20(4)13-14-9-5-8-12-16(14)19-15-10-6-7-11-15/h5,8-9,12,15,19H,6-7,10-11,13H2,1-4H3. The fourth-order valence-corrected chi connectivity index (χ4v) is 2.75. The summed E-state index contributed by atoms with van der Waals surface area (Å²) in [7, 11) is 1.78. The molecular weight excluding hydrogens is 276 g/mol. The minimum absolute atomic E-state index is 0.289. The highest BCUT2D eigenvalue weighted by Gasteiger charge is 2.21. The summed E-state index contributed by atoms with van der Waals surface area (Å²) in [4.78, 5) is 13.7. The molecule has 22 heavy (non-hydrogen) atoms. The molecule has 0 atom stereocenters. The smallest absolute Gasteiger partial charge is 0.410 e. The first kappa shape index (κ1) is 16.7. The molecule has 1 aromatic rings. The highest BCUT2D eigenvalue weighted by atomic mass is 16.6. The van der Waals surface area contributed by atoms with Crippen LogP contribution in [0.25, 0.3) is 0 Å². The van der Waals surface area contributed by atoms with Crippen LogP contribution >= 0.6 is 0 Å². The van der Waals surface area contributed by atoms with Crippen molar-refractivity contribution >= 4 is 11.8 Å². The van der Waals surface area contributed by atoms with E-state index in [0.717, 1.165) is 11.3 Å². The molecule has 0 radical (unpaired) electrons. The Morgan fingerprint density at radius 3 is 2.55 bits per heavy atom. The number of hydrogen-bond donors (Lipinski definition) is 1. The lowest BCUT2D eigenvalue weighted by Crippen LogP contribution is -2.34. The predicted octanol–water partition coefficient (Wildman–Crippen LogP) is 4.41. The SMILES string of the molecule is CN(Cc1ccccc1NC1CCCC1)C(=O)OC(C)(C)C. The number of rotatable bonds is 4. The molecule has 1 aliphatic carbocycles. The van der Waals surface area contributed by atoms with Crippen molar-refractivity contribution in [2.24, 2.45) is 0 Å². The van der Waals surface area contributed by atoms with Gasteiger partial charge in [-0.3, -0.25) is 0 Å². The molecule has 1 fully saturated rings. The Morgan fingerprint density at radius 1 is 1.27 bits per heavy atom. The lowest BCUT2D eigenvalue weighted by atomic mass is 10.1. The van der Waals surface area contributed by atoms with E-state index in [-0.39, 0.29) is 6.09 Å². The number of ether oxygens (including phenoxy) is 1. The van der Waals surface area contributed by atoms with E-state index >= 15 is 0 Å². The Labute approximate surface area is 133 Å². The van der Waals surface area contributed by atoms with Crippen LogP contribution in [0.4, 0.5) is 10.5 Å². The first-order valence-electron chi connectivity index (χ1n) is 8.14. The maximum Gasteiger partial charge on any atom is 0.410 e. The van der Waals surface area contributed by atoms with Gasteiger partial charge in [0.15, 0.2) is 0 Å². The lowest BCUT2D eigenvalue weighted by molar-refractivity contribution is 0.0285. The molecule has 1 amide bonds. The van der Waals surface area contributed by atoms with E-state index in [1.807, 2.05) is 32.9 Å². The molecule has 0 heterocycles. The number of nitrogens with one attached hydrogen (secondary N) is 1. The third kappa shape index (κ3) is 4.93. The molecule has 4 nitrogen and oxygen atoms in total. The van der Waals surface area contributed by atoms with Gasteiger partial charge in [-0.25, -0.2) is 4.79 Å². The lowest BCUT2D eigenvalue weighted by Gasteiger charge is -2.25. The van der Waals surface area contributed by atoms with Gasteiger partial charge in [0, 0.05) is 18.8 Å². The van der Waals surface area contributed by atoms with Crippen molar-refractivity contribution in [1.29, 1.82) is 0 Å². The van der Waals surface area contributed by atoms with Gasteiger partial charge in [-0.05, 0) is 45.2 Å². The Bertz CT molecular complexity index is 502. The quantitative estimate of drug-likeness (QED) is 0.896. The summed E-state index contributed by atoms with van der Waals surface area (Å²) in [5, 5.41) is 3.62. The summed E-state index contributed by atoms with van der Waals surface area (Å²) in [6, 6.07) is 8.77. The maximum atomic E-state index is 12.1. The number of para-hydroxylation sites is 1. The molecule has 1 aliphatic rings. The van der Waals surface area contributed by atoms with E-state index in [0.29, 0.717) is 12.6 Å². The van der Waals surface area contributed by atoms with Crippen molar-refractivity contribution in [3.63, 3.8) is 0 Å². The molecule has 1 aromatic carbocycles. The van der Waals surface area contributed by atoms with Crippen LogP contribution in [0.5, 0.6) is 0 Å². The summed E-state index contributed by atoms with van der Waals surface area (Å²) in [6.07, 6.45) is 4.78. The van der Waals surface area contributed by atoms with Crippen LogP contribution in [0.2, 0.25) is 0 Å². The molecule has 1 N–H and O–H groups in total. The summed E-state index contributed by atoms with van der Waals surface area (Å²) in [5.41, 5.74) is 1.79. The van der Waals surface area contributed by atoms with Crippen LogP contribution in [-0.4, -0.2) is 29.7 Å². The third-order valence-electron chi connectivity index (χ3n) is 3.84. The van der Waals surface area contributed by atoms with E-state index < -0.39 is 5.60 Å². The van der Waals surface area contributed by atoms with E-state index in [1.165, 1.54) is 25.7 Å². The number of anilines is 1. The van der Waals surface area contributed by atoms with Crippen molar-refractivity contribution in [3.05, 3.63) is 29.8 Å². The predicted molar refractivity (Wildman–Crippen MR) is 90.0 cm³/mol. The number of benzene rings is 1. The number of hydrogen-bond acceptors (Lipinski definition) is 3. The second-order valence-electron chi connectivity index (χ2n) is 7.12. The first-order chi connectivity index (χ1) is 10.3. The van der Waals surface area contributed by atoms with Crippen LogP contribution in [-0.2, 0) is 11.3 Å². The van der Waals surface area contributed by atoms with E-state index in [9.17, 15) is 4.79 Å². The van der Waals surface area contributed by atoms with Gasteiger partial charge in [0.2, 0.25) is 0 Å². The summed E-state index contributed by atoms with van der Waals surface area (Å²) in [5.74, 6) is 0. The van der Waals surface area contributed by atoms with Crippen LogP contribution in [0.3, 0.4) is 0 Å². The second-order valence-corrected chi connectivity index (χ2v) is 7.12. The highest BCUT2D eigenvalue weighted by molar-refractivity contribution is 5.68. The first-order valence-corrected chi connectivity index (χ1v) is 8.14. The van der Waals surface area contributed by atoms with Gasteiger partial charge in [-0.15, -0.1) is 0 Å². The molecule has 0 aromatic heterocycles. The Balaban J connectivity index is 2.00. The van der Waals surface area contributed by atoms with Crippen molar-refractivity contribution < 1.29 is 9.53 Å². The van der Waals surface area contributed by atoms with E-state index in [2.05, 4.69) is 17.4 Å². The molecule has 0 spiro atoms. The number of carbonyl (C=O) groups excluding carboxylic acids is 1. The molecule has 4 heteroatoms. The molecule has 122 valence electrons. The van der Waals surface area contributed by atoms with Gasteiger partial charge >= 0.3 is 6.09 Å². The zero-order valence-electron chi connectivity index (χ0n) is 14.2. The van der Waals surface area contributed by atoms with Gasteiger partial charge < -0.3 is 15.0 Å². The highest BCUT2D eigenvalue weighted by Crippen LogP contribution is 2.25. The molecule has 1 saturated carbocycles. The van der Waals surface area contributed by atoms with Crippen LogP contribution in [0.15, 0.2) is 24.3 Å². The largest absolute Gasteiger partial charge is 0.444 e. The number of carbonyl (C=O) groups is 1. The van der Waals surface area contributed by atoms with E-state index in [1.54, 1.807) is 11.9 Å². The zero-order chi connectivity index (χ0) is 16.2. The van der Waals surface area contributed by atoms with Gasteiger partial charge in [-0.1, -0.05) is 31.0 Å². The van der Waals surface area contributed by atoms with Crippen molar-refractivity contribution in [1.82, 2.24) is 4.90 Å². The second kappa shape index (κ2) is 7.03. The van der Waals surface area contributed by atoms with Gasteiger partial charge in [0.1, 0.15) is 5.60 Å². The molecule has 0 unspecified atom stereocenters. The fourth-order valence-electron chi connectivity index (χ4n) is 2.75. The molecule has 0 aliphatic heterocycles. The summed E-state index contributed by atoms with van der Waals surface area (Å²) >= 11 is 0. The van der Waals surface area contributed by atoms with Gasteiger partial charge in [-0.2, -0.15) is 0 Å². The minimum atomic E-state index is -0.465. The minimum Gasteiger partial charge on any atom is -0.444 e. The molecule has 0 bridgehead atoms. The third-order valence-corrected chi connectivity index (χ3v) is 3.84. The Hall–Kier alpha value is -1.71. The van der Waals surface area contributed by atoms with Crippen LogP contribution < -0.4 is 5.32 Å². The van der Waals surface area contributed by atoms with Gasteiger partial charge in [0.25, 0.3) is 0 Å². The maximum absolute atomic E-state index is 12.1. The Morgan fingerprint density at radius 2 is 1.91 bits per heavy atom. The van der Waals surface area contributed by atoms with Gasteiger partial charge in [0.05, 0.1) is 6.54 Å². The topological polar surface area (TPSA) is 41.6 Å². The zero-order valence-corrected chi connectivity index (χ0v) is 14.2. The summed E-state index contributed by atoms with van der Waals surface area (Å²) < 4.78 is 5.41. The van der Waals surface area contributed by atoms with Crippen LogP contribution in [0, 0.1) is 0 Å². The van der Waals surface area contributed by atoms with Crippen molar-refractivity contribution in [3.8, 4) is 0 Å². The number of amides is 1.